The number of nitrogens with two attached hydrogens (primary N) is 2. The Labute approximate surface area is 81.1 Å². The third kappa shape index (κ3) is 6.85. The van der Waals surface area contributed by atoms with Crippen LogP contribution in [-0.4, -0.2) is 16.4 Å². The highest BCUT2D eigenvalue weighted by molar-refractivity contribution is 7.80. The van der Waals surface area contributed by atoms with E-state index in [2.05, 4.69) is 23.0 Å². The molecule has 0 atom stereocenters. The van der Waals surface area contributed by atoms with E-state index >= 15 is 0 Å². The molecular formula is C7H10N4OS. The summed E-state index contributed by atoms with van der Waals surface area (Å²) >= 11 is 4.24. The average Bonchev–Trinajstić information content (AvgIpc) is 2.20. The van der Waals surface area contributed by atoms with E-state index in [-0.39, 0.29) is 5.11 Å². The van der Waals surface area contributed by atoms with Gasteiger partial charge in [0, 0.05) is 6.20 Å². The first kappa shape index (κ1) is 11.5. The SMILES string of the molecule is NNC(N)=S.O=Cc1ccccn1. The number of nitrogens with one attached hydrogen (secondary N) is 1. The first-order valence-corrected chi connectivity index (χ1v) is 3.73. The van der Waals surface area contributed by atoms with Crippen LogP contribution in [0.2, 0.25) is 0 Å². The summed E-state index contributed by atoms with van der Waals surface area (Å²) < 4.78 is 0. The third-order valence-electron chi connectivity index (χ3n) is 0.951. The lowest BCUT2D eigenvalue weighted by molar-refractivity contribution is 0.111. The smallest absolute Gasteiger partial charge is 0.177 e. The lowest BCUT2D eigenvalue weighted by Gasteiger charge is -1.85. The number of pyridine rings is 1. The minimum atomic E-state index is 0.116. The molecule has 6 heteroatoms. The molecule has 1 rings (SSSR count). The molecule has 0 aliphatic rings. The van der Waals surface area contributed by atoms with Gasteiger partial charge in [0.2, 0.25) is 0 Å². The Morgan fingerprint density at radius 1 is 1.62 bits per heavy atom. The number of hydrogen-bond donors (Lipinski definition) is 3. The summed E-state index contributed by atoms with van der Waals surface area (Å²) in [4.78, 5) is 13.7. The van der Waals surface area contributed by atoms with Crippen LogP contribution in [0.3, 0.4) is 0 Å². The Balaban J connectivity index is 0.000000252. The normalized spacial score (nSPS) is 7.77. The lowest BCUT2D eigenvalue weighted by Crippen LogP contribution is -2.34. The first-order valence-electron chi connectivity index (χ1n) is 3.33. The van der Waals surface area contributed by atoms with Gasteiger partial charge in [0.1, 0.15) is 5.69 Å². The Hall–Kier alpha value is -1.53. The number of aromatic nitrogens is 1. The number of thiocarbonyl (C=S) groups is 1. The van der Waals surface area contributed by atoms with Gasteiger partial charge in [-0.15, -0.1) is 0 Å². The number of nitrogens with zero attached hydrogens (tertiary/aromatic N) is 1. The fourth-order valence-electron chi connectivity index (χ4n) is 0.446. The summed E-state index contributed by atoms with van der Waals surface area (Å²) in [7, 11) is 0. The van der Waals surface area contributed by atoms with E-state index < -0.39 is 0 Å². The fourth-order valence-corrected chi connectivity index (χ4v) is 0.446. The van der Waals surface area contributed by atoms with Crippen molar-refractivity contribution in [3.63, 3.8) is 0 Å². The van der Waals surface area contributed by atoms with E-state index in [1.807, 2.05) is 5.43 Å². The van der Waals surface area contributed by atoms with Crippen LogP contribution in [0.15, 0.2) is 24.4 Å². The van der Waals surface area contributed by atoms with E-state index in [9.17, 15) is 4.79 Å². The lowest BCUT2D eigenvalue weighted by atomic mass is 10.4. The molecule has 1 heterocycles. The molecular weight excluding hydrogens is 188 g/mol. The van der Waals surface area contributed by atoms with E-state index in [1.54, 1.807) is 24.4 Å². The van der Waals surface area contributed by atoms with Crippen molar-refractivity contribution in [1.29, 1.82) is 0 Å². The Bertz CT molecular complexity index is 264. The minimum absolute atomic E-state index is 0.116. The van der Waals surface area contributed by atoms with Crippen LogP contribution in [0.5, 0.6) is 0 Å². The van der Waals surface area contributed by atoms with Crippen molar-refractivity contribution in [2.45, 2.75) is 0 Å². The number of carbonyl (C=O) groups is 1. The summed E-state index contributed by atoms with van der Waals surface area (Å²) in [6, 6.07) is 5.21. The molecule has 5 nitrogen and oxygen atoms in total. The summed E-state index contributed by atoms with van der Waals surface area (Å²) in [5, 5.41) is 0.116. The molecule has 0 bridgehead atoms. The average molecular weight is 198 g/mol. The van der Waals surface area contributed by atoms with Gasteiger partial charge in [0.05, 0.1) is 0 Å². The molecule has 0 radical (unpaired) electrons. The maximum absolute atomic E-state index is 9.94. The second kappa shape index (κ2) is 7.14. The van der Waals surface area contributed by atoms with Crippen LogP contribution < -0.4 is 17.0 Å². The molecule has 0 aromatic carbocycles. The molecule has 0 aliphatic carbocycles. The monoisotopic (exact) mass is 198 g/mol. The summed E-state index contributed by atoms with van der Waals surface area (Å²) in [6.45, 7) is 0. The third-order valence-corrected chi connectivity index (χ3v) is 1.07. The van der Waals surface area contributed by atoms with Gasteiger partial charge in [0.15, 0.2) is 11.4 Å². The second-order valence-electron chi connectivity index (χ2n) is 1.88. The first-order chi connectivity index (χ1) is 6.20. The van der Waals surface area contributed by atoms with E-state index in [4.69, 9.17) is 5.73 Å². The van der Waals surface area contributed by atoms with Crippen molar-refractivity contribution >= 4 is 23.6 Å². The van der Waals surface area contributed by atoms with E-state index in [1.165, 1.54) is 0 Å². The van der Waals surface area contributed by atoms with Crippen molar-refractivity contribution in [2.75, 3.05) is 0 Å². The molecule has 0 unspecified atom stereocenters. The van der Waals surface area contributed by atoms with Gasteiger partial charge >= 0.3 is 0 Å². The number of aldehydes is 1. The minimum Gasteiger partial charge on any atom is -0.375 e. The highest BCUT2D eigenvalue weighted by Gasteiger charge is 1.81. The van der Waals surface area contributed by atoms with Crippen molar-refractivity contribution in [3.8, 4) is 0 Å². The van der Waals surface area contributed by atoms with Crippen LogP contribution >= 0.6 is 12.2 Å². The van der Waals surface area contributed by atoms with Crippen LogP contribution in [0.4, 0.5) is 0 Å². The summed E-state index contributed by atoms with van der Waals surface area (Å²) in [5.74, 6) is 4.66. The molecule has 1 aromatic rings. The predicted molar refractivity (Wildman–Crippen MR) is 53.7 cm³/mol. The predicted octanol–water partition coefficient (Wildman–Crippen LogP) is -0.413. The fraction of sp³-hybridized carbons (Fsp3) is 0. The Morgan fingerprint density at radius 3 is 2.46 bits per heavy atom. The molecule has 0 amide bonds. The Kier molecular flexibility index (Phi) is 6.30. The molecule has 70 valence electrons. The molecule has 13 heavy (non-hydrogen) atoms. The van der Waals surface area contributed by atoms with Gasteiger partial charge in [-0.1, -0.05) is 6.07 Å². The molecule has 0 saturated carbocycles. The molecule has 0 fully saturated rings. The molecule has 0 spiro atoms. The van der Waals surface area contributed by atoms with Crippen LogP contribution in [0, 0.1) is 0 Å². The quantitative estimate of drug-likeness (QED) is 0.246. The van der Waals surface area contributed by atoms with Crippen LogP contribution in [-0.2, 0) is 0 Å². The zero-order valence-corrected chi connectivity index (χ0v) is 7.62. The largest absolute Gasteiger partial charge is 0.375 e. The van der Waals surface area contributed by atoms with Gasteiger partial charge in [0.25, 0.3) is 0 Å². The zero-order valence-electron chi connectivity index (χ0n) is 6.81. The number of rotatable bonds is 1. The topological polar surface area (TPSA) is 94.0 Å². The highest BCUT2D eigenvalue weighted by Crippen LogP contribution is 1.85. The van der Waals surface area contributed by atoms with Gasteiger partial charge in [-0.25, -0.2) is 5.84 Å². The van der Waals surface area contributed by atoms with E-state index in [0.717, 1.165) is 6.29 Å². The van der Waals surface area contributed by atoms with Crippen molar-refractivity contribution in [1.82, 2.24) is 10.4 Å². The summed E-state index contributed by atoms with van der Waals surface area (Å²) in [5.41, 5.74) is 7.30. The molecule has 0 saturated heterocycles. The van der Waals surface area contributed by atoms with Crippen molar-refractivity contribution < 1.29 is 4.79 Å². The molecule has 1 aromatic heterocycles. The number of hydrogen-bond acceptors (Lipinski definition) is 4. The zero-order chi connectivity index (χ0) is 10.1. The summed E-state index contributed by atoms with van der Waals surface area (Å²) in [6.07, 6.45) is 2.31. The molecule has 0 aliphatic heterocycles. The van der Waals surface area contributed by atoms with Gasteiger partial charge in [-0.2, -0.15) is 0 Å². The van der Waals surface area contributed by atoms with Crippen molar-refractivity contribution in [3.05, 3.63) is 30.1 Å². The Morgan fingerprint density at radius 2 is 2.23 bits per heavy atom. The standard InChI is InChI=1S/C6H5NO.CH5N3S/c8-5-6-3-1-2-4-7-6;2-1(5)4-3/h1-5H;3H2,(H3,2,4,5). The number of hydrazine groups is 1. The van der Waals surface area contributed by atoms with Gasteiger partial charge < -0.3 is 11.2 Å². The van der Waals surface area contributed by atoms with Gasteiger partial charge in [-0.05, 0) is 24.4 Å². The van der Waals surface area contributed by atoms with Crippen LogP contribution in [0.25, 0.3) is 0 Å². The molecule has 5 N–H and O–H groups in total. The number of carbonyl (C=O) groups excluding carboxylic acids is 1. The van der Waals surface area contributed by atoms with Crippen molar-refractivity contribution in [2.24, 2.45) is 11.6 Å². The maximum atomic E-state index is 9.94. The highest BCUT2D eigenvalue weighted by atomic mass is 32.1. The van der Waals surface area contributed by atoms with E-state index in [0.29, 0.717) is 5.69 Å². The maximum Gasteiger partial charge on any atom is 0.177 e. The second-order valence-corrected chi connectivity index (χ2v) is 2.32. The van der Waals surface area contributed by atoms with Crippen LogP contribution in [0.1, 0.15) is 10.5 Å². The van der Waals surface area contributed by atoms with Gasteiger partial charge in [-0.3, -0.25) is 9.78 Å².